The number of aryl methyl sites for hydroxylation is 1. The van der Waals surface area contributed by atoms with Crippen molar-refractivity contribution in [3.8, 4) is 5.88 Å². The Morgan fingerprint density at radius 1 is 1.12 bits per heavy atom. The smallest absolute Gasteiger partial charge is 0.416 e. The van der Waals surface area contributed by atoms with Gasteiger partial charge in [0.2, 0.25) is 5.88 Å². The van der Waals surface area contributed by atoms with Crippen LogP contribution in [-0.2, 0) is 6.18 Å². The van der Waals surface area contributed by atoms with Crippen molar-refractivity contribution in [1.29, 1.82) is 0 Å². The number of nitrogens with zero attached hydrogens (tertiary/aromatic N) is 3. The zero-order valence-corrected chi connectivity index (χ0v) is 14.4. The fraction of sp³-hybridized carbons (Fsp3) is 0.278. The summed E-state index contributed by atoms with van der Waals surface area (Å²) in [6.07, 6.45) is -4.39. The molecular formula is C18H17F3N4O. The van der Waals surface area contributed by atoms with Crippen molar-refractivity contribution in [1.82, 2.24) is 15.2 Å². The number of hydrogen-bond acceptors (Lipinski definition) is 5. The molecule has 0 bridgehead atoms. The monoisotopic (exact) mass is 362 g/mol. The third kappa shape index (κ3) is 3.54. The summed E-state index contributed by atoms with van der Waals surface area (Å²) >= 11 is 0. The lowest BCUT2D eigenvalue weighted by Gasteiger charge is -2.17. The Kier molecular flexibility index (Phi) is 4.67. The fourth-order valence-electron chi connectivity index (χ4n) is 2.62. The maximum absolute atomic E-state index is 12.9. The summed E-state index contributed by atoms with van der Waals surface area (Å²) in [7, 11) is 1.51. The number of rotatable bonds is 4. The van der Waals surface area contributed by atoms with E-state index in [0.29, 0.717) is 28.5 Å². The van der Waals surface area contributed by atoms with E-state index in [2.05, 4.69) is 20.5 Å². The van der Waals surface area contributed by atoms with Crippen molar-refractivity contribution in [2.24, 2.45) is 0 Å². The molecule has 0 aliphatic carbocycles. The second-order valence-electron chi connectivity index (χ2n) is 5.87. The molecule has 0 aliphatic heterocycles. The van der Waals surface area contributed by atoms with E-state index >= 15 is 0 Å². The van der Waals surface area contributed by atoms with Gasteiger partial charge in [-0.15, -0.1) is 5.10 Å². The van der Waals surface area contributed by atoms with Gasteiger partial charge in [0.05, 0.1) is 24.4 Å². The molecule has 1 unspecified atom stereocenters. The third-order valence-corrected chi connectivity index (χ3v) is 4.06. The second-order valence-corrected chi connectivity index (χ2v) is 5.87. The molecule has 26 heavy (non-hydrogen) atoms. The highest BCUT2D eigenvalue weighted by Crippen LogP contribution is 2.32. The molecule has 0 radical (unpaired) electrons. The minimum atomic E-state index is -4.39. The summed E-state index contributed by atoms with van der Waals surface area (Å²) in [5, 5.41) is 12.1. The SMILES string of the molecule is COc1ccc2c(C)nnc(NC(C)c3cccc(C(F)(F)F)c3)c2n1. The molecule has 3 rings (SSSR count). The lowest BCUT2D eigenvalue weighted by atomic mass is 10.0. The van der Waals surface area contributed by atoms with E-state index in [-0.39, 0.29) is 0 Å². The van der Waals surface area contributed by atoms with Crippen molar-refractivity contribution in [2.45, 2.75) is 26.1 Å². The number of hydrogen-bond donors (Lipinski definition) is 1. The Morgan fingerprint density at radius 2 is 1.88 bits per heavy atom. The number of benzene rings is 1. The molecular weight excluding hydrogens is 345 g/mol. The summed E-state index contributed by atoms with van der Waals surface area (Å²) in [5.74, 6) is 0.800. The first-order valence-electron chi connectivity index (χ1n) is 7.91. The van der Waals surface area contributed by atoms with E-state index in [1.165, 1.54) is 13.2 Å². The number of aromatic nitrogens is 3. The summed E-state index contributed by atoms with van der Waals surface area (Å²) in [6, 6.07) is 8.30. The standard InChI is InChI=1S/C18H17F3N4O/c1-10(12-5-4-6-13(9-12)18(19,20)21)22-17-16-14(11(2)24-25-17)7-8-15(23-16)26-3/h4-10H,1-3H3,(H,22,25). The first kappa shape index (κ1) is 17.9. The molecule has 0 spiro atoms. The van der Waals surface area contributed by atoms with Crippen molar-refractivity contribution in [3.63, 3.8) is 0 Å². The minimum Gasteiger partial charge on any atom is -0.481 e. The fourth-order valence-corrected chi connectivity index (χ4v) is 2.62. The van der Waals surface area contributed by atoms with Crippen molar-refractivity contribution in [3.05, 3.63) is 53.2 Å². The number of ether oxygens (including phenoxy) is 1. The first-order valence-corrected chi connectivity index (χ1v) is 7.91. The Labute approximate surface area is 148 Å². The van der Waals surface area contributed by atoms with Crippen molar-refractivity contribution in [2.75, 3.05) is 12.4 Å². The maximum atomic E-state index is 12.9. The number of anilines is 1. The Morgan fingerprint density at radius 3 is 2.58 bits per heavy atom. The number of halogens is 3. The number of fused-ring (bicyclic) bond motifs is 1. The van der Waals surface area contributed by atoms with Gasteiger partial charge in [-0.25, -0.2) is 4.98 Å². The van der Waals surface area contributed by atoms with Crippen molar-refractivity contribution < 1.29 is 17.9 Å². The summed E-state index contributed by atoms with van der Waals surface area (Å²) in [4.78, 5) is 4.39. The third-order valence-electron chi connectivity index (χ3n) is 4.06. The zero-order chi connectivity index (χ0) is 18.9. The molecule has 2 aromatic heterocycles. The van der Waals surface area contributed by atoms with Gasteiger partial charge in [0.1, 0.15) is 5.52 Å². The summed E-state index contributed by atoms with van der Waals surface area (Å²) in [5.41, 5.74) is 1.05. The maximum Gasteiger partial charge on any atom is 0.416 e. The Bertz CT molecular complexity index is 943. The lowest BCUT2D eigenvalue weighted by molar-refractivity contribution is -0.137. The van der Waals surface area contributed by atoms with Crippen LogP contribution in [0.3, 0.4) is 0 Å². The first-order chi connectivity index (χ1) is 12.3. The van der Waals surface area contributed by atoms with Crippen LogP contribution >= 0.6 is 0 Å². The van der Waals surface area contributed by atoms with Crippen LogP contribution in [0, 0.1) is 6.92 Å². The highest BCUT2D eigenvalue weighted by Gasteiger charge is 2.30. The van der Waals surface area contributed by atoms with Gasteiger partial charge in [-0.2, -0.15) is 18.3 Å². The van der Waals surface area contributed by atoms with E-state index in [1.54, 1.807) is 19.1 Å². The van der Waals surface area contributed by atoms with E-state index in [0.717, 1.165) is 17.5 Å². The molecule has 0 saturated carbocycles. The lowest BCUT2D eigenvalue weighted by Crippen LogP contribution is -2.12. The average Bonchev–Trinajstić information content (AvgIpc) is 2.63. The molecule has 1 N–H and O–H groups in total. The van der Waals surface area contributed by atoms with Crippen LogP contribution in [0.2, 0.25) is 0 Å². The highest BCUT2D eigenvalue weighted by atomic mass is 19.4. The van der Waals surface area contributed by atoms with Crippen LogP contribution in [0.1, 0.15) is 29.8 Å². The number of nitrogens with one attached hydrogen (secondary N) is 1. The highest BCUT2D eigenvalue weighted by molar-refractivity contribution is 5.89. The van der Waals surface area contributed by atoms with Gasteiger partial charge in [0, 0.05) is 11.5 Å². The summed E-state index contributed by atoms with van der Waals surface area (Å²) in [6.45, 7) is 3.56. The molecule has 1 aromatic carbocycles. The normalized spacial score (nSPS) is 12.8. The van der Waals surface area contributed by atoms with Gasteiger partial charge >= 0.3 is 6.18 Å². The largest absolute Gasteiger partial charge is 0.481 e. The molecule has 8 heteroatoms. The molecule has 0 fully saturated rings. The summed E-state index contributed by atoms with van der Waals surface area (Å²) < 4.78 is 43.9. The van der Waals surface area contributed by atoms with E-state index in [4.69, 9.17) is 4.74 Å². The molecule has 0 amide bonds. The quantitative estimate of drug-likeness (QED) is 0.739. The molecule has 0 saturated heterocycles. The van der Waals surface area contributed by atoms with Gasteiger partial charge in [0.25, 0.3) is 0 Å². The van der Waals surface area contributed by atoms with Gasteiger partial charge in [-0.05, 0) is 37.6 Å². The Hall–Kier alpha value is -2.90. The number of methoxy groups -OCH3 is 1. The van der Waals surface area contributed by atoms with E-state index in [9.17, 15) is 13.2 Å². The molecule has 3 aromatic rings. The molecule has 2 heterocycles. The molecule has 136 valence electrons. The number of pyridine rings is 1. The molecule has 0 aliphatic rings. The van der Waals surface area contributed by atoms with Gasteiger partial charge < -0.3 is 10.1 Å². The van der Waals surface area contributed by atoms with Crippen LogP contribution in [0.5, 0.6) is 5.88 Å². The van der Waals surface area contributed by atoms with Gasteiger partial charge in [-0.3, -0.25) is 0 Å². The Balaban J connectivity index is 1.97. The van der Waals surface area contributed by atoms with Crippen molar-refractivity contribution >= 4 is 16.7 Å². The second kappa shape index (κ2) is 6.78. The van der Waals surface area contributed by atoms with E-state index in [1.807, 2.05) is 13.0 Å². The van der Waals surface area contributed by atoms with Crippen LogP contribution < -0.4 is 10.1 Å². The zero-order valence-electron chi connectivity index (χ0n) is 14.4. The van der Waals surface area contributed by atoms with Crippen LogP contribution in [-0.4, -0.2) is 22.3 Å². The predicted octanol–water partition coefficient (Wildman–Crippen LogP) is 4.53. The van der Waals surface area contributed by atoms with Crippen LogP contribution in [0.4, 0.5) is 19.0 Å². The van der Waals surface area contributed by atoms with Crippen LogP contribution in [0.25, 0.3) is 10.9 Å². The van der Waals surface area contributed by atoms with Gasteiger partial charge in [0.15, 0.2) is 5.82 Å². The van der Waals surface area contributed by atoms with Gasteiger partial charge in [-0.1, -0.05) is 12.1 Å². The molecule has 1 atom stereocenters. The topological polar surface area (TPSA) is 59.9 Å². The minimum absolute atomic E-state index is 0.384. The molecule has 5 nitrogen and oxygen atoms in total. The predicted molar refractivity (Wildman–Crippen MR) is 92.1 cm³/mol. The van der Waals surface area contributed by atoms with Crippen LogP contribution in [0.15, 0.2) is 36.4 Å². The average molecular weight is 362 g/mol. The van der Waals surface area contributed by atoms with E-state index < -0.39 is 17.8 Å². The number of alkyl halides is 3.